The van der Waals surface area contributed by atoms with E-state index in [1.807, 2.05) is 23.1 Å². The van der Waals surface area contributed by atoms with E-state index in [0.29, 0.717) is 18.9 Å². The first kappa shape index (κ1) is 11.0. The Labute approximate surface area is 96.2 Å². The maximum absolute atomic E-state index is 11.9. The van der Waals surface area contributed by atoms with E-state index < -0.39 is 0 Å². The minimum absolute atomic E-state index is 0.241. The summed E-state index contributed by atoms with van der Waals surface area (Å²) in [5.74, 6) is 0.658. The molecule has 1 aliphatic rings. The fourth-order valence-corrected chi connectivity index (χ4v) is 2.07. The van der Waals surface area contributed by atoms with E-state index in [9.17, 15) is 4.79 Å². The van der Waals surface area contributed by atoms with Gasteiger partial charge in [0.05, 0.1) is 0 Å². The van der Waals surface area contributed by atoms with Crippen molar-refractivity contribution in [1.82, 2.24) is 4.90 Å². The summed E-state index contributed by atoms with van der Waals surface area (Å²) in [6.07, 6.45) is 0.628. The van der Waals surface area contributed by atoms with Crippen molar-refractivity contribution < 1.29 is 4.79 Å². The van der Waals surface area contributed by atoms with Crippen LogP contribution < -0.4 is 5.73 Å². The van der Waals surface area contributed by atoms with Gasteiger partial charge in [0.1, 0.15) is 0 Å². The van der Waals surface area contributed by atoms with Crippen molar-refractivity contribution in [3.63, 3.8) is 0 Å². The van der Waals surface area contributed by atoms with Crippen molar-refractivity contribution in [3.05, 3.63) is 29.3 Å². The first-order valence-corrected chi connectivity index (χ1v) is 5.71. The molecule has 2 N–H and O–H groups in total. The maximum atomic E-state index is 11.9. The van der Waals surface area contributed by atoms with Crippen molar-refractivity contribution in [3.8, 4) is 0 Å². The highest BCUT2D eigenvalue weighted by atomic mass is 16.2. The smallest absolute Gasteiger partial charge is 0.223 e. The van der Waals surface area contributed by atoms with Crippen LogP contribution in [0, 0.1) is 5.92 Å². The average Bonchev–Trinajstić information content (AvgIpc) is 2.59. The van der Waals surface area contributed by atoms with Gasteiger partial charge in [0.2, 0.25) is 5.91 Å². The van der Waals surface area contributed by atoms with Gasteiger partial charge in [0, 0.05) is 25.2 Å². The van der Waals surface area contributed by atoms with Crippen molar-refractivity contribution in [1.29, 1.82) is 0 Å². The molecular formula is C13H18N2O. The number of carbonyl (C=O) groups excluding carboxylic acids is 1. The molecule has 0 saturated heterocycles. The molecule has 0 aromatic heterocycles. The molecule has 2 rings (SSSR count). The van der Waals surface area contributed by atoms with Gasteiger partial charge in [-0.1, -0.05) is 19.9 Å². The molecule has 1 heterocycles. The number of hydrogen-bond acceptors (Lipinski definition) is 2. The minimum Gasteiger partial charge on any atom is -0.399 e. The normalized spacial score (nSPS) is 14.3. The van der Waals surface area contributed by atoms with Crippen molar-refractivity contribution in [2.75, 3.05) is 5.73 Å². The van der Waals surface area contributed by atoms with Gasteiger partial charge in [0.25, 0.3) is 0 Å². The molecule has 0 unspecified atom stereocenters. The van der Waals surface area contributed by atoms with E-state index in [2.05, 4.69) is 13.8 Å². The Bertz CT molecular complexity index is 412. The second-order valence-corrected chi connectivity index (χ2v) is 4.88. The van der Waals surface area contributed by atoms with Crippen LogP contribution in [0.2, 0.25) is 0 Å². The topological polar surface area (TPSA) is 46.3 Å². The monoisotopic (exact) mass is 218 g/mol. The maximum Gasteiger partial charge on any atom is 0.223 e. The summed E-state index contributed by atoms with van der Waals surface area (Å²) in [7, 11) is 0. The Hall–Kier alpha value is -1.51. The van der Waals surface area contributed by atoms with E-state index >= 15 is 0 Å². The zero-order chi connectivity index (χ0) is 11.7. The minimum atomic E-state index is 0.241. The summed E-state index contributed by atoms with van der Waals surface area (Å²) in [6.45, 7) is 5.59. The van der Waals surface area contributed by atoms with Gasteiger partial charge in [-0.15, -0.1) is 0 Å². The van der Waals surface area contributed by atoms with E-state index in [-0.39, 0.29) is 5.91 Å². The molecule has 1 amide bonds. The van der Waals surface area contributed by atoms with Gasteiger partial charge in [-0.05, 0) is 29.2 Å². The number of benzene rings is 1. The average molecular weight is 218 g/mol. The number of nitrogen functional groups attached to an aromatic ring is 1. The molecule has 0 bridgehead atoms. The Morgan fingerprint density at radius 2 is 2.06 bits per heavy atom. The van der Waals surface area contributed by atoms with Crippen LogP contribution in [0.3, 0.4) is 0 Å². The third-order valence-corrected chi connectivity index (χ3v) is 2.89. The van der Waals surface area contributed by atoms with Gasteiger partial charge < -0.3 is 10.6 Å². The Morgan fingerprint density at radius 1 is 1.38 bits per heavy atom. The fraction of sp³-hybridized carbons (Fsp3) is 0.462. The predicted octanol–water partition coefficient (Wildman–Crippen LogP) is 2.16. The highest BCUT2D eigenvalue weighted by Crippen LogP contribution is 2.25. The molecular weight excluding hydrogens is 200 g/mol. The molecule has 0 aliphatic carbocycles. The van der Waals surface area contributed by atoms with Gasteiger partial charge >= 0.3 is 0 Å². The lowest BCUT2D eigenvalue weighted by Crippen LogP contribution is -2.26. The van der Waals surface area contributed by atoms with Crippen LogP contribution in [-0.2, 0) is 17.9 Å². The first-order valence-electron chi connectivity index (χ1n) is 5.71. The molecule has 86 valence electrons. The molecule has 16 heavy (non-hydrogen) atoms. The van der Waals surface area contributed by atoms with Gasteiger partial charge in [-0.2, -0.15) is 0 Å². The highest BCUT2D eigenvalue weighted by Gasteiger charge is 2.23. The van der Waals surface area contributed by atoms with Crippen LogP contribution in [-0.4, -0.2) is 10.8 Å². The zero-order valence-electron chi connectivity index (χ0n) is 9.86. The second-order valence-electron chi connectivity index (χ2n) is 4.88. The summed E-state index contributed by atoms with van der Waals surface area (Å²) in [5.41, 5.74) is 8.92. The summed E-state index contributed by atoms with van der Waals surface area (Å²) in [5, 5.41) is 0. The number of hydrogen-bond donors (Lipinski definition) is 1. The summed E-state index contributed by atoms with van der Waals surface area (Å²) in [4.78, 5) is 13.8. The molecule has 0 radical (unpaired) electrons. The molecule has 3 heteroatoms. The van der Waals surface area contributed by atoms with Gasteiger partial charge in [-0.25, -0.2) is 0 Å². The van der Waals surface area contributed by atoms with E-state index in [4.69, 9.17) is 5.73 Å². The quantitative estimate of drug-likeness (QED) is 0.773. The molecule has 0 atom stereocenters. The molecule has 0 fully saturated rings. The Balaban J connectivity index is 2.08. The SMILES string of the molecule is CC(C)CC(=O)N1Cc2ccc(N)cc2C1. The van der Waals surface area contributed by atoms with Crippen LogP contribution in [0.5, 0.6) is 0 Å². The third kappa shape index (κ3) is 2.18. The largest absolute Gasteiger partial charge is 0.399 e. The van der Waals surface area contributed by atoms with E-state index in [1.165, 1.54) is 11.1 Å². The van der Waals surface area contributed by atoms with Crippen LogP contribution in [0.1, 0.15) is 31.4 Å². The summed E-state index contributed by atoms with van der Waals surface area (Å²) < 4.78 is 0. The van der Waals surface area contributed by atoms with Crippen LogP contribution in [0.25, 0.3) is 0 Å². The van der Waals surface area contributed by atoms with Crippen LogP contribution in [0.4, 0.5) is 5.69 Å². The number of amides is 1. The predicted molar refractivity (Wildman–Crippen MR) is 64.6 cm³/mol. The Morgan fingerprint density at radius 3 is 2.75 bits per heavy atom. The van der Waals surface area contributed by atoms with Crippen molar-refractivity contribution >= 4 is 11.6 Å². The lowest BCUT2D eigenvalue weighted by Gasteiger charge is -2.16. The van der Waals surface area contributed by atoms with Crippen LogP contribution >= 0.6 is 0 Å². The fourth-order valence-electron chi connectivity index (χ4n) is 2.07. The highest BCUT2D eigenvalue weighted by molar-refractivity contribution is 5.77. The molecule has 1 aromatic carbocycles. The molecule has 0 spiro atoms. The number of nitrogens with two attached hydrogens (primary N) is 1. The van der Waals surface area contributed by atoms with Crippen molar-refractivity contribution in [2.45, 2.75) is 33.4 Å². The zero-order valence-corrected chi connectivity index (χ0v) is 9.86. The lowest BCUT2D eigenvalue weighted by atomic mass is 10.1. The molecule has 3 nitrogen and oxygen atoms in total. The van der Waals surface area contributed by atoms with Crippen molar-refractivity contribution in [2.24, 2.45) is 5.92 Å². The number of carbonyl (C=O) groups is 1. The molecule has 1 aliphatic heterocycles. The first-order chi connectivity index (χ1) is 7.56. The second kappa shape index (κ2) is 4.16. The van der Waals surface area contributed by atoms with Gasteiger partial charge in [0.15, 0.2) is 0 Å². The Kier molecular flexibility index (Phi) is 2.86. The van der Waals surface area contributed by atoms with E-state index in [1.54, 1.807) is 0 Å². The van der Waals surface area contributed by atoms with Gasteiger partial charge in [-0.3, -0.25) is 4.79 Å². The number of nitrogens with zero attached hydrogens (tertiary/aromatic N) is 1. The number of fused-ring (bicyclic) bond motifs is 1. The number of rotatable bonds is 2. The van der Waals surface area contributed by atoms with Crippen LogP contribution in [0.15, 0.2) is 18.2 Å². The summed E-state index contributed by atoms with van der Waals surface area (Å²) in [6, 6.07) is 5.89. The van der Waals surface area contributed by atoms with E-state index in [0.717, 1.165) is 12.2 Å². The molecule has 1 aromatic rings. The lowest BCUT2D eigenvalue weighted by molar-refractivity contribution is -0.132. The molecule has 0 saturated carbocycles. The standard InChI is InChI=1S/C13H18N2O/c1-9(2)5-13(16)15-7-10-3-4-12(14)6-11(10)8-15/h3-4,6,9H,5,7-8,14H2,1-2H3. The summed E-state index contributed by atoms with van der Waals surface area (Å²) >= 11 is 0. The third-order valence-electron chi connectivity index (χ3n) is 2.89. The number of anilines is 1.